The third-order valence-electron chi connectivity index (χ3n) is 5.03. The van der Waals surface area contributed by atoms with E-state index >= 15 is 0 Å². The van der Waals surface area contributed by atoms with Crippen LogP contribution in [0.2, 0.25) is 0 Å². The Bertz CT molecular complexity index is 640. The van der Waals surface area contributed by atoms with Gasteiger partial charge in [0.15, 0.2) is 0 Å². The molecule has 0 bridgehead atoms. The van der Waals surface area contributed by atoms with Gasteiger partial charge in [-0.25, -0.2) is 13.1 Å². The van der Waals surface area contributed by atoms with Crippen LogP contribution in [0.1, 0.15) is 102 Å². The number of rotatable bonds is 6. The third-order valence-corrected chi connectivity index (χ3v) is 6.68. The standard InChI is InChI=1S/C20H33NO2S/c1-13(2)16-11-18(14(3)4)20(19(12-16)15(5)6)24(22,23)21-17-9-7-8-10-17/h11-15,17,21H,7-10H2,1-6H3. The Morgan fingerprint density at radius 2 is 1.33 bits per heavy atom. The molecule has 0 spiro atoms. The van der Waals surface area contributed by atoms with Gasteiger partial charge in [0, 0.05) is 6.04 Å². The second kappa shape index (κ2) is 7.57. The molecule has 1 N–H and O–H groups in total. The van der Waals surface area contributed by atoms with Crippen LogP contribution in [0.25, 0.3) is 0 Å². The van der Waals surface area contributed by atoms with Crippen LogP contribution in [0.5, 0.6) is 0 Å². The Morgan fingerprint density at radius 3 is 1.71 bits per heavy atom. The molecule has 1 aromatic carbocycles. The van der Waals surface area contributed by atoms with Gasteiger partial charge in [-0.2, -0.15) is 0 Å². The molecule has 0 aliphatic heterocycles. The molecule has 136 valence electrons. The summed E-state index contributed by atoms with van der Waals surface area (Å²) in [5.74, 6) is 0.743. The van der Waals surface area contributed by atoms with Gasteiger partial charge in [0.1, 0.15) is 0 Å². The van der Waals surface area contributed by atoms with E-state index in [4.69, 9.17) is 0 Å². The van der Waals surface area contributed by atoms with Gasteiger partial charge >= 0.3 is 0 Å². The molecule has 1 aliphatic carbocycles. The Labute approximate surface area is 148 Å². The van der Waals surface area contributed by atoms with E-state index in [1.807, 2.05) is 0 Å². The average Bonchev–Trinajstić information content (AvgIpc) is 2.97. The lowest BCUT2D eigenvalue weighted by Gasteiger charge is -2.24. The highest BCUT2D eigenvalue weighted by Gasteiger charge is 2.29. The number of nitrogens with one attached hydrogen (secondary N) is 1. The van der Waals surface area contributed by atoms with Crippen LogP contribution < -0.4 is 4.72 Å². The van der Waals surface area contributed by atoms with Crippen molar-refractivity contribution in [2.75, 3.05) is 0 Å². The predicted octanol–water partition coefficient (Wildman–Crippen LogP) is 5.28. The van der Waals surface area contributed by atoms with E-state index in [-0.39, 0.29) is 17.9 Å². The minimum atomic E-state index is -3.49. The SMILES string of the molecule is CC(C)c1cc(C(C)C)c(S(=O)(=O)NC2CCCC2)c(C(C)C)c1. The Hall–Kier alpha value is -0.870. The minimum absolute atomic E-state index is 0.0970. The fourth-order valence-electron chi connectivity index (χ4n) is 3.52. The highest BCUT2D eigenvalue weighted by atomic mass is 32.2. The highest BCUT2D eigenvalue weighted by Crippen LogP contribution is 2.35. The number of benzene rings is 1. The van der Waals surface area contributed by atoms with Gasteiger partial charge in [0.2, 0.25) is 10.0 Å². The molecule has 0 aromatic heterocycles. The molecule has 1 saturated carbocycles. The first kappa shape index (κ1) is 19.5. The van der Waals surface area contributed by atoms with Gasteiger partial charge in [-0.3, -0.25) is 0 Å². The second-order valence-corrected chi connectivity index (χ2v) is 9.75. The molecule has 0 unspecified atom stereocenters. The van der Waals surface area contributed by atoms with E-state index in [9.17, 15) is 8.42 Å². The van der Waals surface area contributed by atoms with Crippen molar-refractivity contribution >= 4 is 10.0 Å². The van der Waals surface area contributed by atoms with Crippen molar-refractivity contribution < 1.29 is 8.42 Å². The molecule has 4 heteroatoms. The van der Waals surface area contributed by atoms with E-state index in [2.05, 4.69) is 58.4 Å². The summed E-state index contributed by atoms with van der Waals surface area (Å²) in [6.45, 7) is 12.6. The molecular weight excluding hydrogens is 318 g/mol. The number of sulfonamides is 1. The Kier molecular flexibility index (Phi) is 6.14. The number of hydrogen-bond acceptors (Lipinski definition) is 2. The minimum Gasteiger partial charge on any atom is -0.208 e. The van der Waals surface area contributed by atoms with Crippen molar-refractivity contribution in [3.05, 3.63) is 28.8 Å². The van der Waals surface area contributed by atoms with Crippen molar-refractivity contribution in [2.45, 2.75) is 95.9 Å². The summed E-state index contributed by atoms with van der Waals surface area (Å²) in [4.78, 5) is 0.531. The fourth-order valence-corrected chi connectivity index (χ4v) is 5.52. The molecule has 0 radical (unpaired) electrons. The summed E-state index contributed by atoms with van der Waals surface area (Å²) in [7, 11) is -3.49. The fraction of sp³-hybridized carbons (Fsp3) is 0.700. The van der Waals surface area contributed by atoms with E-state index < -0.39 is 10.0 Å². The van der Waals surface area contributed by atoms with Gasteiger partial charge in [0.25, 0.3) is 0 Å². The largest absolute Gasteiger partial charge is 0.241 e. The van der Waals surface area contributed by atoms with Crippen LogP contribution in [0.4, 0.5) is 0 Å². The quantitative estimate of drug-likeness (QED) is 0.758. The van der Waals surface area contributed by atoms with E-state index in [0.717, 1.165) is 36.8 Å². The second-order valence-electron chi connectivity index (χ2n) is 8.10. The van der Waals surface area contributed by atoms with E-state index in [1.165, 1.54) is 5.56 Å². The van der Waals surface area contributed by atoms with Crippen LogP contribution >= 0.6 is 0 Å². The Morgan fingerprint density at radius 1 is 0.875 bits per heavy atom. The molecule has 0 saturated heterocycles. The lowest BCUT2D eigenvalue weighted by atomic mass is 9.89. The van der Waals surface area contributed by atoms with Crippen molar-refractivity contribution in [1.29, 1.82) is 0 Å². The first-order valence-electron chi connectivity index (χ1n) is 9.33. The van der Waals surface area contributed by atoms with E-state index in [0.29, 0.717) is 10.8 Å². The zero-order valence-corrected chi connectivity index (χ0v) is 16.8. The van der Waals surface area contributed by atoms with Crippen molar-refractivity contribution in [3.63, 3.8) is 0 Å². The normalized spacial score (nSPS) is 16.7. The first-order valence-corrected chi connectivity index (χ1v) is 10.8. The average molecular weight is 352 g/mol. The molecule has 2 rings (SSSR count). The monoisotopic (exact) mass is 351 g/mol. The van der Waals surface area contributed by atoms with Gasteiger partial charge in [-0.05, 0) is 47.3 Å². The van der Waals surface area contributed by atoms with Crippen LogP contribution in [-0.2, 0) is 10.0 Å². The Balaban J connectivity index is 2.60. The molecular formula is C20H33NO2S. The van der Waals surface area contributed by atoms with Crippen molar-refractivity contribution in [2.24, 2.45) is 0 Å². The third kappa shape index (κ3) is 4.20. The van der Waals surface area contributed by atoms with Gasteiger partial charge < -0.3 is 0 Å². The highest BCUT2D eigenvalue weighted by molar-refractivity contribution is 7.89. The summed E-state index contributed by atoms with van der Waals surface area (Å²) >= 11 is 0. The first-order chi connectivity index (χ1) is 11.1. The molecule has 3 nitrogen and oxygen atoms in total. The smallest absolute Gasteiger partial charge is 0.208 e. The summed E-state index contributed by atoms with van der Waals surface area (Å²) < 4.78 is 29.4. The van der Waals surface area contributed by atoms with Gasteiger partial charge in [-0.1, -0.05) is 66.5 Å². The molecule has 1 aromatic rings. The predicted molar refractivity (Wildman–Crippen MR) is 101 cm³/mol. The zero-order chi connectivity index (χ0) is 18.1. The lowest BCUT2D eigenvalue weighted by molar-refractivity contribution is 0.548. The zero-order valence-electron chi connectivity index (χ0n) is 16.0. The molecule has 1 aliphatic rings. The van der Waals surface area contributed by atoms with Crippen LogP contribution in [-0.4, -0.2) is 14.5 Å². The summed E-state index contributed by atoms with van der Waals surface area (Å²) in [5, 5.41) is 0. The maximum atomic E-state index is 13.2. The number of hydrogen-bond donors (Lipinski definition) is 1. The molecule has 0 amide bonds. The van der Waals surface area contributed by atoms with Gasteiger partial charge in [0.05, 0.1) is 4.90 Å². The van der Waals surface area contributed by atoms with Crippen molar-refractivity contribution in [1.82, 2.24) is 4.72 Å². The maximum Gasteiger partial charge on any atom is 0.241 e. The van der Waals surface area contributed by atoms with Crippen LogP contribution in [0.15, 0.2) is 17.0 Å². The van der Waals surface area contributed by atoms with Crippen LogP contribution in [0.3, 0.4) is 0 Å². The molecule has 1 fully saturated rings. The summed E-state index contributed by atoms with van der Waals surface area (Å²) in [5.41, 5.74) is 3.13. The summed E-state index contributed by atoms with van der Waals surface area (Å²) in [6, 6.07) is 4.30. The van der Waals surface area contributed by atoms with Gasteiger partial charge in [-0.15, -0.1) is 0 Å². The molecule has 0 atom stereocenters. The maximum absolute atomic E-state index is 13.2. The van der Waals surface area contributed by atoms with Crippen molar-refractivity contribution in [3.8, 4) is 0 Å². The lowest BCUT2D eigenvalue weighted by Crippen LogP contribution is -2.34. The summed E-state index contributed by atoms with van der Waals surface area (Å²) in [6.07, 6.45) is 4.15. The molecule has 24 heavy (non-hydrogen) atoms. The molecule has 0 heterocycles. The van der Waals surface area contributed by atoms with Crippen LogP contribution in [0, 0.1) is 0 Å². The van der Waals surface area contributed by atoms with E-state index in [1.54, 1.807) is 0 Å². The topological polar surface area (TPSA) is 46.2 Å².